The maximum Gasteiger partial charge on any atom is 0.229 e. The molecule has 1 aromatic carbocycles. The van der Waals surface area contributed by atoms with Gasteiger partial charge in [-0.25, -0.2) is 9.97 Å². The molecule has 0 spiro atoms. The summed E-state index contributed by atoms with van der Waals surface area (Å²) in [5.74, 6) is 2.13. The van der Waals surface area contributed by atoms with Gasteiger partial charge in [-0.05, 0) is 49.8 Å². The highest BCUT2D eigenvalue weighted by molar-refractivity contribution is 6.01. The molecule has 0 aliphatic heterocycles. The molecule has 0 unspecified atom stereocenters. The number of carbonyl (C=O) groups excluding carboxylic acids is 1. The third-order valence-electron chi connectivity index (χ3n) is 7.21. The van der Waals surface area contributed by atoms with Crippen LogP contribution < -0.4 is 15.8 Å². The molecule has 2 fully saturated rings. The van der Waals surface area contributed by atoms with Crippen molar-refractivity contribution < 1.29 is 18.7 Å². The van der Waals surface area contributed by atoms with Crippen LogP contribution in [0.25, 0.3) is 33.3 Å². The van der Waals surface area contributed by atoms with Crippen molar-refractivity contribution in [2.45, 2.75) is 37.2 Å². The molecule has 1 amide bonds. The van der Waals surface area contributed by atoms with Crippen LogP contribution in [0.5, 0.6) is 5.75 Å². The van der Waals surface area contributed by atoms with E-state index in [0.29, 0.717) is 47.3 Å². The summed E-state index contributed by atoms with van der Waals surface area (Å²) in [5.41, 5.74) is 7.78. The van der Waals surface area contributed by atoms with Gasteiger partial charge in [0.05, 0.1) is 22.8 Å². The van der Waals surface area contributed by atoms with Crippen molar-refractivity contribution in [1.82, 2.24) is 15.0 Å². The largest absolute Gasteiger partial charge is 0.490 e. The fraction of sp³-hybridized carbons (Fsp3) is 0.385. The van der Waals surface area contributed by atoms with E-state index in [-0.39, 0.29) is 12.0 Å². The van der Waals surface area contributed by atoms with Gasteiger partial charge < -0.3 is 24.9 Å². The molecule has 0 bridgehead atoms. The number of ether oxygens (including phenoxy) is 2. The Labute approximate surface area is 202 Å². The summed E-state index contributed by atoms with van der Waals surface area (Å²) in [4.78, 5) is 26.0. The highest BCUT2D eigenvalue weighted by Crippen LogP contribution is 2.48. The van der Waals surface area contributed by atoms with Crippen molar-refractivity contribution >= 4 is 33.6 Å². The molecule has 35 heavy (non-hydrogen) atoms. The van der Waals surface area contributed by atoms with Crippen molar-refractivity contribution in [3.8, 4) is 17.2 Å². The van der Waals surface area contributed by atoms with E-state index in [9.17, 15) is 4.79 Å². The maximum absolute atomic E-state index is 12.1. The van der Waals surface area contributed by atoms with Crippen molar-refractivity contribution in [2.24, 2.45) is 11.7 Å². The number of amides is 1. The number of nitrogens with one attached hydrogen (secondary N) is 1. The van der Waals surface area contributed by atoms with E-state index in [0.717, 1.165) is 41.5 Å². The number of carbonyl (C=O) groups is 1. The molecule has 9 nitrogen and oxygen atoms in total. The van der Waals surface area contributed by atoms with Crippen LogP contribution in [0.2, 0.25) is 0 Å². The SMILES string of the molecule is CNc1ncc(-c2nc3cc(OC4CC(COC)C4)ccc3o2)c2cc(C3(C(N)=O)CC3)ncc12. The predicted octanol–water partition coefficient (Wildman–Crippen LogP) is 3.80. The van der Waals surface area contributed by atoms with Gasteiger partial charge in [0, 0.05) is 50.0 Å². The molecular formula is C26H27N5O4. The Kier molecular flexibility index (Phi) is 5.10. The average Bonchev–Trinajstić information content (AvgIpc) is 3.55. The summed E-state index contributed by atoms with van der Waals surface area (Å²) >= 11 is 0. The average molecular weight is 474 g/mol. The number of nitrogens with zero attached hydrogens (tertiary/aromatic N) is 3. The molecule has 2 saturated carbocycles. The smallest absolute Gasteiger partial charge is 0.229 e. The lowest BCUT2D eigenvalue weighted by molar-refractivity contribution is -0.120. The van der Waals surface area contributed by atoms with Crippen molar-refractivity contribution in [3.05, 3.63) is 42.4 Å². The van der Waals surface area contributed by atoms with Gasteiger partial charge in [-0.15, -0.1) is 0 Å². The van der Waals surface area contributed by atoms with Crippen LogP contribution in [-0.2, 0) is 14.9 Å². The van der Waals surface area contributed by atoms with Crippen LogP contribution in [0, 0.1) is 5.92 Å². The molecule has 2 aliphatic rings. The zero-order valence-corrected chi connectivity index (χ0v) is 19.7. The van der Waals surface area contributed by atoms with Gasteiger partial charge in [-0.3, -0.25) is 9.78 Å². The monoisotopic (exact) mass is 473 g/mol. The number of aromatic nitrogens is 3. The second-order valence-corrected chi connectivity index (χ2v) is 9.51. The minimum absolute atomic E-state index is 0.201. The van der Waals surface area contributed by atoms with Crippen molar-refractivity contribution in [3.63, 3.8) is 0 Å². The first-order valence-corrected chi connectivity index (χ1v) is 11.8. The second-order valence-electron chi connectivity index (χ2n) is 9.51. The van der Waals surface area contributed by atoms with Crippen molar-refractivity contribution in [2.75, 3.05) is 26.1 Å². The summed E-state index contributed by atoms with van der Waals surface area (Å²) in [5, 5.41) is 4.77. The summed E-state index contributed by atoms with van der Waals surface area (Å²) in [6, 6.07) is 7.61. The Morgan fingerprint density at radius 2 is 2.03 bits per heavy atom. The lowest BCUT2D eigenvalue weighted by atomic mass is 9.83. The number of hydrogen-bond donors (Lipinski definition) is 2. The van der Waals surface area contributed by atoms with Crippen LogP contribution >= 0.6 is 0 Å². The maximum atomic E-state index is 12.1. The minimum Gasteiger partial charge on any atom is -0.490 e. The van der Waals surface area contributed by atoms with Gasteiger partial charge >= 0.3 is 0 Å². The van der Waals surface area contributed by atoms with E-state index in [4.69, 9.17) is 24.6 Å². The molecular weight excluding hydrogens is 446 g/mol. The molecule has 0 atom stereocenters. The highest BCUT2D eigenvalue weighted by Gasteiger charge is 2.51. The van der Waals surface area contributed by atoms with Gasteiger partial charge in [0.15, 0.2) is 5.58 Å². The van der Waals surface area contributed by atoms with E-state index in [2.05, 4.69) is 15.3 Å². The molecule has 9 heteroatoms. The summed E-state index contributed by atoms with van der Waals surface area (Å²) < 4.78 is 17.5. The lowest BCUT2D eigenvalue weighted by Crippen LogP contribution is -2.36. The first-order chi connectivity index (χ1) is 17.0. The molecule has 180 valence electrons. The predicted molar refractivity (Wildman–Crippen MR) is 131 cm³/mol. The number of fused-ring (bicyclic) bond motifs is 2. The standard InChI is InChI=1S/C26H27N5O4/c1-28-23-18-11-29-22(26(5-6-26)25(27)32)10-17(18)19(12-30-23)24-31-20-9-15(3-4-21(20)35-24)34-16-7-14(8-16)13-33-2/h3-4,9-12,14,16H,5-8,13H2,1-2H3,(H2,27,32)(H,28,30). The molecule has 2 aliphatic carbocycles. The van der Waals surface area contributed by atoms with Crippen LogP contribution in [0.15, 0.2) is 41.1 Å². The Morgan fingerprint density at radius 3 is 2.74 bits per heavy atom. The van der Waals surface area contributed by atoms with E-state index < -0.39 is 5.41 Å². The molecule has 0 saturated heterocycles. The zero-order chi connectivity index (χ0) is 24.2. The van der Waals surface area contributed by atoms with Crippen LogP contribution in [-0.4, -0.2) is 47.7 Å². The van der Waals surface area contributed by atoms with Gasteiger partial charge in [-0.1, -0.05) is 0 Å². The number of methoxy groups -OCH3 is 1. The third-order valence-corrected chi connectivity index (χ3v) is 7.21. The normalized spacial score (nSPS) is 20.5. The van der Waals surface area contributed by atoms with Gasteiger partial charge in [0.2, 0.25) is 11.8 Å². The number of nitrogens with two attached hydrogens (primary N) is 1. The van der Waals surface area contributed by atoms with Crippen molar-refractivity contribution in [1.29, 1.82) is 0 Å². The van der Waals surface area contributed by atoms with Gasteiger partial charge in [0.1, 0.15) is 17.1 Å². The Bertz CT molecular complexity index is 1440. The fourth-order valence-corrected chi connectivity index (χ4v) is 4.95. The number of benzene rings is 1. The Hall–Kier alpha value is -3.72. The Balaban J connectivity index is 1.36. The molecule has 0 radical (unpaired) electrons. The quantitative estimate of drug-likeness (QED) is 0.396. The molecule has 3 N–H and O–H groups in total. The number of rotatable bonds is 8. The number of anilines is 1. The van der Waals surface area contributed by atoms with Crippen LogP contribution in [0.4, 0.5) is 5.82 Å². The van der Waals surface area contributed by atoms with Crippen LogP contribution in [0.3, 0.4) is 0 Å². The Morgan fingerprint density at radius 1 is 1.20 bits per heavy atom. The van der Waals surface area contributed by atoms with Crippen LogP contribution in [0.1, 0.15) is 31.4 Å². The zero-order valence-electron chi connectivity index (χ0n) is 19.7. The molecule has 3 aromatic heterocycles. The third kappa shape index (κ3) is 3.67. The lowest BCUT2D eigenvalue weighted by Gasteiger charge is -2.34. The second kappa shape index (κ2) is 8.20. The number of oxazole rings is 1. The number of pyridine rings is 2. The summed E-state index contributed by atoms with van der Waals surface area (Å²) in [6.45, 7) is 0.775. The van der Waals surface area contributed by atoms with Gasteiger partial charge in [0.25, 0.3) is 0 Å². The highest BCUT2D eigenvalue weighted by atomic mass is 16.5. The number of hydrogen-bond acceptors (Lipinski definition) is 8. The van der Waals surface area contributed by atoms with Gasteiger partial charge in [-0.2, -0.15) is 0 Å². The topological polar surface area (TPSA) is 125 Å². The summed E-state index contributed by atoms with van der Waals surface area (Å²) in [6.07, 6.45) is 7.07. The van der Waals surface area contributed by atoms with E-state index >= 15 is 0 Å². The summed E-state index contributed by atoms with van der Waals surface area (Å²) in [7, 11) is 3.54. The van der Waals surface area contributed by atoms with E-state index in [1.54, 1.807) is 19.5 Å². The first-order valence-electron chi connectivity index (χ1n) is 11.8. The molecule has 6 rings (SSSR count). The molecule has 3 heterocycles. The first kappa shape index (κ1) is 21.8. The fourth-order valence-electron chi connectivity index (χ4n) is 4.95. The minimum atomic E-state index is -0.689. The number of primary amides is 1. The van der Waals surface area contributed by atoms with E-state index in [1.807, 2.05) is 31.3 Å². The van der Waals surface area contributed by atoms with E-state index in [1.165, 1.54) is 0 Å². The molecule has 4 aromatic rings.